The van der Waals surface area contributed by atoms with Crippen molar-refractivity contribution < 1.29 is 27.8 Å². The summed E-state index contributed by atoms with van der Waals surface area (Å²) < 4.78 is 42.9. The van der Waals surface area contributed by atoms with Gasteiger partial charge in [-0.15, -0.1) is 0 Å². The fraction of sp³-hybridized carbons (Fsp3) is 0.176. The minimum Gasteiger partial charge on any atom is -0.510 e. The van der Waals surface area contributed by atoms with E-state index in [-0.39, 0.29) is 22.3 Å². The van der Waals surface area contributed by atoms with E-state index in [9.17, 15) is 23.1 Å². The van der Waals surface area contributed by atoms with Gasteiger partial charge >= 0.3 is 12.1 Å². The molecule has 0 saturated heterocycles. The molecule has 0 radical (unpaired) electrons. The van der Waals surface area contributed by atoms with Crippen molar-refractivity contribution in [2.45, 2.75) is 11.3 Å². The Balaban J connectivity index is 1.90. The maximum atomic E-state index is 12.7. The van der Waals surface area contributed by atoms with Crippen molar-refractivity contribution in [3.8, 4) is 0 Å². The number of esters is 1. The molecule has 3 aromatic rings. The number of aromatic nitrogens is 4. The van der Waals surface area contributed by atoms with E-state index in [4.69, 9.17) is 4.74 Å². The van der Waals surface area contributed by atoms with Crippen LogP contribution in [0.4, 0.5) is 13.2 Å². The average molecular weight is 410 g/mol. The summed E-state index contributed by atoms with van der Waals surface area (Å²) in [4.78, 5) is 26.4. The highest BCUT2D eigenvalue weighted by Crippen LogP contribution is 2.29. The molecule has 0 aliphatic heterocycles. The van der Waals surface area contributed by atoms with E-state index in [1.54, 1.807) is 24.3 Å². The number of aliphatic hydroxyl groups is 1. The molecule has 2 heterocycles. The molecule has 1 aromatic carbocycles. The molecule has 146 valence electrons. The molecule has 3 rings (SSSR count). The fourth-order valence-electron chi connectivity index (χ4n) is 2.30. The molecule has 11 heteroatoms. The third-order valence-corrected chi connectivity index (χ3v) is 4.44. The van der Waals surface area contributed by atoms with Crippen molar-refractivity contribution in [2.24, 2.45) is 0 Å². The normalized spacial score (nSPS) is 12.7. The quantitative estimate of drug-likeness (QED) is 0.218. The van der Waals surface area contributed by atoms with Crippen molar-refractivity contribution in [2.75, 3.05) is 12.9 Å². The van der Waals surface area contributed by atoms with Gasteiger partial charge in [0.25, 0.3) is 0 Å². The van der Waals surface area contributed by atoms with E-state index in [0.717, 1.165) is 31.1 Å². The van der Waals surface area contributed by atoms with E-state index >= 15 is 0 Å². The predicted octanol–water partition coefficient (Wildman–Crippen LogP) is 3.61. The molecule has 2 aromatic heterocycles. The third kappa shape index (κ3) is 4.25. The zero-order valence-corrected chi connectivity index (χ0v) is 15.1. The maximum Gasteiger partial charge on any atom is 0.433 e. The predicted molar refractivity (Wildman–Crippen MR) is 95.4 cm³/mol. The fourth-order valence-corrected chi connectivity index (χ4v) is 3.01. The number of halogens is 3. The number of aromatic amines is 1. The lowest BCUT2D eigenvalue weighted by atomic mass is 10.2. The van der Waals surface area contributed by atoms with Crippen molar-refractivity contribution in [1.29, 1.82) is 0 Å². The number of alkyl halides is 3. The first-order valence-corrected chi connectivity index (χ1v) is 8.76. The number of ether oxygens (including phenoxy) is 1. The Bertz CT molecular complexity index is 1020. The van der Waals surface area contributed by atoms with Crippen molar-refractivity contribution in [1.82, 2.24) is 19.9 Å². The van der Waals surface area contributed by atoms with Crippen molar-refractivity contribution >= 4 is 34.3 Å². The number of H-pyrrole nitrogens is 1. The van der Waals surface area contributed by atoms with Crippen LogP contribution < -0.4 is 0 Å². The monoisotopic (exact) mass is 410 g/mol. The summed E-state index contributed by atoms with van der Waals surface area (Å²) in [5.74, 6) is -1.46. The van der Waals surface area contributed by atoms with Crippen molar-refractivity contribution in [3.63, 3.8) is 0 Å². The number of nitrogens with one attached hydrogen (secondary N) is 1. The average Bonchev–Trinajstić information content (AvgIpc) is 3.09. The summed E-state index contributed by atoms with van der Waals surface area (Å²) in [6, 6.07) is 7.73. The van der Waals surface area contributed by atoms with Gasteiger partial charge in [0.2, 0.25) is 0 Å². The largest absolute Gasteiger partial charge is 0.510 e. The number of benzene rings is 1. The molecular formula is C17H13F3N4O3S. The van der Waals surface area contributed by atoms with E-state index in [1.807, 2.05) is 0 Å². The van der Waals surface area contributed by atoms with E-state index < -0.39 is 23.6 Å². The smallest absolute Gasteiger partial charge is 0.433 e. The second-order valence-electron chi connectivity index (χ2n) is 5.43. The van der Waals surface area contributed by atoms with Crippen LogP contribution in [0.25, 0.3) is 16.6 Å². The van der Waals surface area contributed by atoms with Gasteiger partial charge in [0.1, 0.15) is 22.9 Å². The number of thioether (sulfide) groups is 1. The second-order valence-corrected chi connectivity index (χ2v) is 6.37. The number of hydrogen-bond acceptors (Lipinski definition) is 7. The van der Waals surface area contributed by atoms with Gasteiger partial charge in [-0.2, -0.15) is 13.2 Å². The maximum absolute atomic E-state index is 12.7. The lowest BCUT2D eigenvalue weighted by Gasteiger charge is -2.08. The highest BCUT2D eigenvalue weighted by Gasteiger charge is 2.33. The van der Waals surface area contributed by atoms with E-state index in [0.29, 0.717) is 11.0 Å². The number of para-hydroxylation sites is 2. The Hall–Kier alpha value is -3.08. The zero-order chi connectivity index (χ0) is 20.3. The lowest BCUT2D eigenvalue weighted by Crippen LogP contribution is -2.11. The minimum atomic E-state index is -4.61. The number of imidazole rings is 1. The van der Waals surface area contributed by atoms with Gasteiger partial charge in [-0.25, -0.2) is 19.7 Å². The molecule has 0 bridgehead atoms. The number of carbonyl (C=O) groups excluding carboxylic acids is 1. The highest BCUT2D eigenvalue weighted by molar-refractivity contribution is 7.99. The van der Waals surface area contributed by atoms with Gasteiger partial charge in [-0.3, -0.25) is 0 Å². The Morgan fingerprint density at radius 2 is 2.00 bits per heavy atom. The van der Waals surface area contributed by atoms with Gasteiger partial charge < -0.3 is 14.8 Å². The summed E-state index contributed by atoms with van der Waals surface area (Å²) in [6.45, 7) is 0. The Morgan fingerprint density at radius 1 is 1.25 bits per heavy atom. The summed E-state index contributed by atoms with van der Waals surface area (Å²) in [5, 5.41) is 10.2. The van der Waals surface area contributed by atoms with Gasteiger partial charge in [-0.05, 0) is 18.2 Å². The Labute approximate surface area is 160 Å². The van der Waals surface area contributed by atoms with Crippen LogP contribution in [0.2, 0.25) is 0 Å². The van der Waals surface area contributed by atoms with Crippen LogP contribution in [0.1, 0.15) is 11.5 Å². The minimum absolute atomic E-state index is 0.0797. The van der Waals surface area contributed by atoms with Gasteiger partial charge in [0, 0.05) is 6.20 Å². The van der Waals surface area contributed by atoms with Crippen LogP contribution in [0.5, 0.6) is 0 Å². The second kappa shape index (κ2) is 7.89. The van der Waals surface area contributed by atoms with Gasteiger partial charge in [0.15, 0.2) is 5.16 Å². The molecule has 0 amide bonds. The number of nitrogens with zero attached hydrogens (tertiary/aromatic N) is 3. The number of carbonyl (C=O) groups is 1. The molecule has 0 atom stereocenters. The van der Waals surface area contributed by atoms with Gasteiger partial charge in [-0.1, -0.05) is 23.9 Å². The molecule has 28 heavy (non-hydrogen) atoms. The number of fused-ring (bicyclic) bond motifs is 1. The summed E-state index contributed by atoms with van der Waals surface area (Å²) in [6.07, 6.45) is -3.64. The van der Waals surface area contributed by atoms with Crippen LogP contribution in [-0.4, -0.2) is 43.9 Å². The zero-order valence-electron chi connectivity index (χ0n) is 14.3. The molecule has 0 aliphatic carbocycles. The molecule has 7 nitrogen and oxygen atoms in total. The lowest BCUT2D eigenvalue weighted by molar-refractivity contribution is -0.141. The highest BCUT2D eigenvalue weighted by atomic mass is 32.2. The summed E-state index contributed by atoms with van der Waals surface area (Å²) in [5.41, 5.74) is -0.113. The number of rotatable bonds is 5. The molecule has 0 aliphatic rings. The van der Waals surface area contributed by atoms with Gasteiger partial charge in [0.05, 0.1) is 23.9 Å². The van der Waals surface area contributed by atoms with E-state index in [1.165, 1.54) is 0 Å². The molecular weight excluding hydrogens is 397 g/mol. The first kappa shape index (κ1) is 19.7. The number of methoxy groups -OCH3 is 1. The number of hydrogen-bond donors (Lipinski definition) is 2. The Morgan fingerprint density at radius 3 is 2.68 bits per heavy atom. The molecule has 2 N–H and O–H groups in total. The van der Waals surface area contributed by atoms with Crippen LogP contribution in [0.3, 0.4) is 0 Å². The summed E-state index contributed by atoms with van der Waals surface area (Å²) in [7, 11) is 1.14. The first-order valence-electron chi connectivity index (χ1n) is 7.78. The SMILES string of the molecule is COC(=O)C(=C(O)CSc1nccc(C(F)(F)F)n1)c1nc2ccccc2[nH]1. The van der Waals surface area contributed by atoms with Crippen LogP contribution in [0, 0.1) is 0 Å². The first-order chi connectivity index (χ1) is 13.3. The Kier molecular flexibility index (Phi) is 5.54. The standard InChI is InChI=1S/C17H13F3N4O3S/c1-27-15(26)13(14-22-9-4-2-3-5-10(9)23-14)11(25)8-28-16-21-7-6-12(24-16)17(18,19)20/h2-7,25H,8H2,1H3,(H,22,23). The van der Waals surface area contributed by atoms with Crippen LogP contribution in [0.15, 0.2) is 47.4 Å². The molecule has 0 saturated carbocycles. The van der Waals surface area contributed by atoms with E-state index in [2.05, 4.69) is 19.9 Å². The molecule has 0 unspecified atom stereocenters. The number of aliphatic hydroxyl groups excluding tert-OH is 1. The third-order valence-electron chi connectivity index (χ3n) is 3.57. The summed E-state index contributed by atoms with van der Waals surface area (Å²) >= 11 is 0.737. The molecule has 0 fully saturated rings. The molecule has 0 spiro atoms. The van der Waals surface area contributed by atoms with Crippen LogP contribution >= 0.6 is 11.8 Å². The van der Waals surface area contributed by atoms with Crippen molar-refractivity contribution in [3.05, 3.63) is 53.8 Å². The topological polar surface area (TPSA) is 101 Å². The van der Waals surface area contributed by atoms with Crippen LogP contribution in [-0.2, 0) is 15.7 Å².